The molecule has 312 valence electrons. The molecule has 0 amide bonds. The third-order valence-corrected chi connectivity index (χ3v) is 9.14. The minimum Gasteiger partial charge on any atom is -0.458 e. The maximum Gasteiger partial charge on any atom is 0.338 e. The molecule has 0 aliphatic carbocycles. The van der Waals surface area contributed by atoms with Crippen molar-refractivity contribution in [2.75, 3.05) is 6.61 Å². The van der Waals surface area contributed by atoms with Crippen LogP contribution in [0.4, 0.5) is 0 Å². The lowest BCUT2D eigenvalue weighted by Gasteiger charge is -2.37. The predicted molar refractivity (Wildman–Crippen MR) is 221 cm³/mol. The standard InChI is InChI=1S/C49H38O13/c50-31-39(58-45(52)34-21-9-2-10-22-34)41(60-47(54)36-25-13-4-14-26-36)43(62-49(56)38-29-17-6-18-30-38)42(61-48(55)37-27-15-5-16-28-37)40(59-46(53)35-23-11-3-12-24-35)32-57-44(51)33-19-7-1-8-20-33/h1-31,39-43H,32H2/t39-,40+,41-,42+,43+/m0/s1. The van der Waals surface area contributed by atoms with E-state index in [-0.39, 0.29) is 39.7 Å². The van der Waals surface area contributed by atoms with Gasteiger partial charge in [0.1, 0.15) is 6.61 Å². The van der Waals surface area contributed by atoms with E-state index in [1.165, 1.54) is 97.1 Å². The molecule has 0 bridgehead atoms. The fourth-order valence-electron chi connectivity index (χ4n) is 6.02. The van der Waals surface area contributed by atoms with Crippen molar-refractivity contribution in [1.29, 1.82) is 0 Å². The second-order valence-electron chi connectivity index (χ2n) is 13.4. The van der Waals surface area contributed by atoms with Gasteiger partial charge in [0.25, 0.3) is 0 Å². The molecule has 0 aliphatic heterocycles. The second-order valence-corrected chi connectivity index (χ2v) is 13.4. The van der Waals surface area contributed by atoms with Gasteiger partial charge in [0.15, 0.2) is 36.8 Å². The molecule has 0 N–H and O–H groups in total. The molecule has 13 nitrogen and oxygen atoms in total. The van der Waals surface area contributed by atoms with E-state index >= 15 is 0 Å². The first-order chi connectivity index (χ1) is 30.2. The zero-order valence-corrected chi connectivity index (χ0v) is 32.8. The number of hydrogen-bond donors (Lipinski definition) is 0. The second kappa shape index (κ2) is 21.7. The maximum absolute atomic E-state index is 14.2. The van der Waals surface area contributed by atoms with E-state index in [9.17, 15) is 33.6 Å². The molecular formula is C49H38O13. The highest BCUT2D eigenvalue weighted by atomic mass is 16.6. The van der Waals surface area contributed by atoms with Crippen molar-refractivity contribution in [3.63, 3.8) is 0 Å². The largest absolute Gasteiger partial charge is 0.458 e. The van der Waals surface area contributed by atoms with Crippen LogP contribution >= 0.6 is 0 Å². The van der Waals surface area contributed by atoms with Crippen molar-refractivity contribution in [2.45, 2.75) is 30.5 Å². The van der Waals surface area contributed by atoms with Crippen LogP contribution in [-0.4, -0.2) is 79.2 Å². The van der Waals surface area contributed by atoms with Crippen molar-refractivity contribution >= 4 is 42.1 Å². The predicted octanol–water partition coefficient (Wildman–Crippen LogP) is 7.17. The zero-order chi connectivity index (χ0) is 43.7. The van der Waals surface area contributed by atoms with Crippen LogP contribution in [0.3, 0.4) is 0 Å². The molecule has 0 fully saturated rings. The summed E-state index contributed by atoms with van der Waals surface area (Å²) in [7, 11) is 0. The van der Waals surface area contributed by atoms with E-state index in [1.807, 2.05) is 0 Å². The molecule has 0 saturated heterocycles. The quantitative estimate of drug-likeness (QED) is 0.0485. The minimum atomic E-state index is -2.16. The maximum atomic E-state index is 14.2. The lowest BCUT2D eigenvalue weighted by atomic mass is 9.97. The number of esters is 6. The van der Waals surface area contributed by atoms with Gasteiger partial charge in [-0.1, -0.05) is 109 Å². The molecule has 6 rings (SSSR count). The summed E-state index contributed by atoms with van der Waals surface area (Å²) in [5.74, 6) is -6.17. The Morgan fingerprint density at radius 3 is 0.952 bits per heavy atom. The molecule has 0 unspecified atom stereocenters. The van der Waals surface area contributed by atoms with Gasteiger partial charge in [-0.2, -0.15) is 0 Å². The van der Waals surface area contributed by atoms with E-state index in [0.717, 1.165) is 0 Å². The Bertz CT molecular complexity index is 2430. The van der Waals surface area contributed by atoms with Crippen molar-refractivity contribution in [1.82, 2.24) is 0 Å². The lowest BCUT2D eigenvalue weighted by molar-refractivity contribution is -0.155. The highest BCUT2D eigenvalue weighted by molar-refractivity contribution is 5.93. The SMILES string of the molecule is O=C[C@H](OC(=O)c1ccccc1)[C@H](OC(=O)c1ccccc1)[C@@H](OC(=O)c1ccccc1)[C@H](OC(=O)c1ccccc1)[C@@H](COC(=O)c1ccccc1)OC(=O)c1ccccc1. The number of carbonyl (C=O) groups is 7. The van der Waals surface area contributed by atoms with Gasteiger partial charge in [-0.05, 0) is 72.8 Å². The van der Waals surface area contributed by atoms with Crippen molar-refractivity contribution in [3.8, 4) is 0 Å². The van der Waals surface area contributed by atoms with Gasteiger partial charge in [0.05, 0.1) is 33.4 Å². The Labute approximate surface area is 355 Å². The van der Waals surface area contributed by atoms with Crippen LogP contribution in [0.25, 0.3) is 0 Å². The topological polar surface area (TPSA) is 175 Å². The van der Waals surface area contributed by atoms with Gasteiger partial charge in [0, 0.05) is 0 Å². The first-order valence-corrected chi connectivity index (χ1v) is 19.2. The van der Waals surface area contributed by atoms with Gasteiger partial charge in [-0.3, -0.25) is 4.79 Å². The molecule has 0 aliphatic rings. The molecule has 0 radical (unpaired) electrons. The Kier molecular flexibility index (Phi) is 15.2. The van der Waals surface area contributed by atoms with Crippen molar-refractivity contribution in [2.24, 2.45) is 0 Å². The summed E-state index contributed by atoms with van der Waals surface area (Å²) < 4.78 is 35.5. The summed E-state index contributed by atoms with van der Waals surface area (Å²) in [5, 5.41) is 0. The molecule has 0 aromatic heterocycles. The number of rotatable bonds is 18. The molecule has 0 saturated carbocycles. The molecule has 13 heteroatoms. The molecule has 0 heterocycles. The van der Waals surface area contributed by atoms with Crippen LogP contribution < -0.4 is 0 Å². The summed E-state index contributed by atoms with van der Waals surface area (Å²) in [6, 6.07) is 45.6. The average molecular weight is 835 g/mol. The van der Waals surface area contributed by atoms with Gasteiger partial charge >= 0.3 is 35.8 Å². The van der Waals surface area contributed by atoms with E-state index in [0.29, 0.717) is 0 Å². The first-order valence-electron chi connectivity index (χ1n) is 19.2. The number of benzene rings is 6. The molecular weight excluding hydrogens is 797 g/mol. The number of hydrogen-bond acceptors (Lipinski definition) is 13. The van der Waals surface area contributed by atoms with Crippen LogP contribution in [-0.2, 0) is 33.2 Å². The van der Waals surface area contributed by atoms with Gasteiger partial charge in [0.2, 0.25) is 0 Å². The summed E-state index contributed by atoms with van der Waals surface area (Å²) in [6.07, 6.45) is -10.2. The number of ether oxygens (including phenoxy) is 6. The van der Waals surface area contributed by atoms with Crippen LogP contribution in [0.1, 0.15) is 62.1 Å². The summed E-state index contributed by atoms with van der Waals surface area (Å²) >= 11 is 0. The summed E-state index contributed by atoms with van der Waals surface area (Å²) in [6.45, 7) is -0.854. The third-order valence-electron chi connectivity index (χ3n) is 9.14. The normalized spacial score (nSPS) is 13.0. The van der Waals surface area contributed by atoms with Crippen molar-refractivity contribution < 1.29 is 62.0 Å². The van der Waals surface area contributed by atoms with Crippen LogP contribution in [0.2, 0.25) is 0 Å². The monoisotopic (exact) mass is 834 g/mol. The summed E-state index contributed by atoms with van der Waals surface area (Å²) in [5.41, 5.74) is 0.0177. The van der Waals surface area contributed by atoms with Crippen molar-refractivity contribution in [3.05, 3.63) is 215 Å². The fraction of sp³-hybridized carbons (Fsp3) is 0.122. The molecule has 6 aromatic carbocycles. The van der Waals surface area contributed by atoms with Crippen LogP contribution in [0, 0.1) is 0 Å². The van der Waals surface area contributed by atoms with Crippen LogP contribution in [0.15, 0.2) is 182 Å². The molecule has 0 spiro atoms. The van der Waals surface area contributed by atoms with E-state index < -0.39 is 72.9 Å². The molecule has 62 heavy (non-hydrogen) atoms. The first kappa shape index (κ1) is 43.4. The number of aldehydes is 1. The smallest absolute Gasteiger partial charge is 0.338 e. The van der Waals surface area contributed by atoms with Gasteiger partial charge < -0.3 is 28.4 Å². The number of carbonyl (C=O) groups excluding carboxylic acids is 7. The van der Waals surface area contributed by atoms with Crippen LogP contribution in [0.5, 0.6) is 0 Å². The Morgan fingerprint density at radius 1 is 0.339 bits per heavy atom. The highest BCUT2D eigenvalue weighted by Gasteiger charge is 2.49. The third kappa shape index (κ3) is 11.7. The molecule has 6 aromatic rings. The fourth-order valence-corrected chi connectivity index (χ4v) is 6.02. The van der Waals surface area contributed by atoms with E-state index in [2.05, 4.69) is 0 Å². The van der Waals surface area contributed by atoms with E-state index in [4.69, 9.17) is 28.4 Å². The summed E-state index contributed by atoms with van der Waals surface area (Å²) in [4.78, 5) is 96.4. The Morgan fingerprint density at radius 2 is 0.613 bits per heavy atom. The Balaban J connectivity index is 1.53. The molecule has 5 atom stereocenters. The minimum absolute atomic E-state index is 0.000126. The highest BCUT2D eigenvalue weighted by Crippen LogP contribution is 2.27. The zero-order valence-electron chi connectivity index (χ0n) is 32.8. The lowest BCUT2D eigenvalue weighted by Crippen LogP contribution is -2.57. The van der Waals surface area contributed by atoms with Gasteiger partial charge in [-0.15, -0.1) is 0 Å². The average Bonchev–Trinajstić information content (AvgIpc) is 3.33. The van der Waals surface area contributed by atoms with Gasteiger partial charge in [-0.25, -0.2) is 28.8 Å². The Hall–Kier alpha value is -8.19. The van der Waals surface area contributed by atoms with E-state index in [1.54, 1.807) is 84.9 Å².